The molecule has 0 aliphatic rings. The quantitative estimate of drug-likeness (QED) is 0.0956. The van der Waals surface area contributed by atoms with Gasteiger partial charge in [0.2, 0.25) is 5.91 Å². The van der Waals surface area contributed by atoms with Gasteiger partial charge < -0.3 is 20.7 Å². The van der Waals surface area contributed by atoms with Crippen molar-refractivity contribution in [1.29, 1.82) is 0 Å². The Morgan fingerprint density at radius 2 is 1.70 bits per heavy atom. The van der Waals surface area contributed by atoms with Crippen LogP contribution in [0, 0.1) is 5.82 Å². The van der Waals surface area contributed by atoms with Crippen molar-refractivity contribution in [2.75, 3.05) is 17.7 Å². The number of ether oxygens (including phenoxy) is 1. The van der Waals surface area contributed by atoms with Crippen LogP contribution in [0.2, 0.25) is 5.02 Å². The number of nitrogens with zero attached hydrogens (tertiary/aromatic N) is 1. The van der Waals surface area contributed by atoms with E-state index in [-0.39, 0.29) is 22.2 Å². The third-order valence-electron chi connectivity index (χ3n) is 6.71. The summed E-state index contributed by atoms with van der Waals surface area (Å²) in [5.74, 6) is -1.48. The topological polar surface area (TPSA) is 109 Å². The van der Waals surface area contributed by atoms with Crippen molar-refractivity contribution in [2.24, 2.45) is 0 Å². The smallest absolute Gasteiger partial charge is 0.272 e. The highest BCUT2D eigenvalue weighted by Gasteiger charge is 2.20. The van der Waals surface area contributed by atoms with Crippen LogP contribution in [0.3, 0.4) is 0 Å². The van der Waals surface area contributed by atoms with Gasteiger partial charge in [-0.15, -0.1) is 23.1 Å². The molecule has 0 saturated carbocycles. The minimum Gasteiger partial charge on any atom is -0.496 e. The number of anilines is 2. The van der Waals surface area contributed by atoms with Gasteiger partial charge in [-0.2, -0.15) is 0 Å². The Hall–Kier alpha value is -4.97. The molecule has 12 heteroatoms. The SMILES string of the molecule is COc1ccccc1-c1csc(NC(=O)C(C)Sc2cccc(NC(=O)/C(=C\c3c(F)cccc3Cl)NC(=O)c3ccccc3)c2)n1. The van der Waals surface area contributed by atoms with Crippen molar-refractivity contribution in [3.8, 4) is 17.0 Å². The molecule has 3 N–H and O–H groups in total. The average Bonchev–Trinajstić information content (AvgIpc) is 3.54. The molecule has 0 bridgehead atoms. The van der Waals surface area contributed by atoms with Gasteiger partial charge in [-0.05, 0) is 67.6 Å². The van der Waals surface area contributed by atoms with E-state index in [0.29, 0.717) is 32.7 Å². The first-order chi connectivity index (χ1) is 22.7. The molecule has 8 nitrogen and oxygen atoms in total. The van der Waals surface area contributed by atoms with E-state index in [4.69, 9.17) is 16.3 Å². The van der Waals surface area contributed by atoms with Crippen molar-refractivity contribution in [3.05, 3.63) is 130 Å². The number of hydrogen-bond donors (Lipinski definition) is 3. The van der Waals surface area contributed by atoms with Crippen LogP contribution in [0.1, 0.15) is 22.8 Å². The molecule has 0 spiro atoms. The van der Waals surface area contributed by atoms with E-state index >= 15 is 0 Å². The molecule has 238 valence electrons. The summed E-state index contributed by atoms with van der Waals surface area (Å²) < 4.78 is 20.0. The van der Waals surface area contributed by atoms with Crippen LogP contribution >= 0.6 is 34.7 Å². The van der Waals surface area contributed by atoms with E-state index in [1.807, 2.05) is 29.6 Å². The number of amides is 3. The summed E-state index contributed by atoms with van der Waals surface area (Å²) in [6.45, 7) is 1.76. The minimum atomic E-state index is -0.698. The van der Waals surface area contributed by atoms with Gasteiger partial charge in [0.25, 0.3) is 11.8 Å². The van der Waals surface area contributed by atoms with E-state index in [2.05, 4.69) is 20.9 Å². The number of nitrogens with one attached hydrogen (secondary N) is 3. The number of carbonyl (C=O) groups is 3. The number of halogens is 2. The molecule has 0 fully saturated rings. The van der Waals surface area contributed by atoms with E-state index in [9.17, 15) is 18.8 Å². The second-order valence-corrected chi connectivity index (χ2v) is 12.7. The van der Waals surface area contributed by atoms with E-state index < -0.39 is 22.9 Å². The van der Waals surface area contributed by atoms with Crippen molar-refractivity contribution < 1.29 is 23.5 Å². The molecule has 0 aliphatic carbocycles. The van der Waals surface area contributed by atoms with Gasteiger partial charge in [-0.3, -0.25) is 14.4 Å². The lowest BCUT2D eigenvalue weighted by atomic mass is 10.1. The first-order valence-corrected chi connectivity index (χ1v) is 16.4. The lowest BCUT2D eigenvalue weighted by Crippen LogP contribution is -2.30. The van der Waals surface area contributed by atoms with E-state index in [1.54, 1.807) is 68.6 Å². The van der Waals surface area contributed by atoms with Gasteiger partial charge >= 0.3 is 0 Å². The normalized spacial score (nSPS) is 11.8. The van der Waals surface area contributed by atoms with Gasteiger partial charge in [-0.25, -0.2) is 9.37 Å². The zero-order chi connectivity index (χ0) is 33.3. The van der Waals surface area contributed by atoms with Crippen molar-refractivity contribution in [2.45, 2.75) is 17.1 Å². The summed E-state index contributed by atoms with van der Waals surface area (Å²) in [6, 6.07) is 26.8. The lowest BCUT2D eigenvalue weighted by Gasteiger charge is -2.14. The third kappa shape index (κ3) is 8.64. The fourth-order valence-electron chi connectivity index (χ4n) is 4.36. The second-order valence-electron chi connectivity index (χ2n) is 9.98. The number of rotatable bonds is 11. The zero-order valence-corrected chi connectivity index (χ0v) is 27.5. The Bertz CT molecular complexity index is 1930. The third-order valence-corrected chi connectivity index (χ3v) is 8.89. The fraction of sp³-hybridized carbons (Fsp3) is 0.0857. The van der Waals surface area contributed by atoms with Crippen LogP contribution in [0.15, 0.2) is 113 Å². The molecule has 1 heterocycles. The Morgan fingerprint density at radius 3 is 2.47 bits per heavy atom. The minimum absolute atomic E-state index is 0.0490. The standard InChI is InChI=1S/C35H28ClFN4O4S2/c1-21(32(42)41-35-40-30(20-46-35)25-14-6-7-17-31(25)45-2)47-24-13-8-12-23(18-24)38-34(44)29(19-26-27(36)15-9-16-28(26)37)39-33(43)22-10-4-3-5-11-22/h3-21H,1-2H3,(H,38,44)(H,39,43)(H,40,41,42)/b29-19+. The number of carbonyl (C=O) groups excluding carboxylic acids is 3. The van der Waals surface area contributed by atoms with Crippen LogP contribution in [0.5, 0.6) is 5.75 Å². The highest BCUT2D eigenvalue weighted by atomic mass is 35.5. The van der Waals surface area contributed by atoms with Gasteiger partial charge in [0.05, 0.1) is 23.1 Å². The van der Waals surface area contributed by atoms with Crippen LogP contribution in [0.25, 0.3) is 17.3 Å². The largest absolute Gasteiger partial charge is 0.496 e. The Labute approximate surface area is 284 Å². The first kappa shape index (κ1) is 33.4. The van der Waals surface area contributed by atoms with Gasteiger partial charge in [-0.1, -0.05) is 54.1 Å². The predicted octanol–water partition coefficient (Wildman–Crippen LogP) is 8.14. The molecule has 5 aromatic rings. The molecule has 3 amide bonds. The van der Waals surface area contributed by atoms with Crippen LogP contribution in [0.4, 0.5) is 15.2 Å². The summed E-state index contributed by atoms with van der Waals surface area (Å²) in [6.07, 6.45) is 1.19. The molecule has 1 atom stereocenters. The summed E-state index contributed by atoms with van der Waals surface area (Å²) >= 11 is 8.80. The number of thiazole rings is 1. The van der Waals surface area contributed by atoms with Crippen LogP contribution in [-0.2, 0) is 9.59 Å². The van der Waals surface area contributed by atoms with Gasteiger partial charge in [0, 0.05) is 32.7 Å². The van der Waals surface area contributed by atoms with Crippen molar-refractivity contribution in [1.82, 2.24) is 10.3 Å². The Kier molecular flexibility index (Phi) is 11.0. The summed E-state index contributed by atoms with van der Waals surface area (Å²) in [7, 11) is 1.59. The molecular formula is C35H28ClFN4O4S2. The highest BCUT2D eigenvalue weighted by Crippen LogP contribution is 2.33. The number of thioether (sulfide) groups is 1. The molecule has 4 aromatic carbocycles. The molecule has 0 radical (unpaired) electrons. The Morgan fingerprint density at radius 1 is 0.957 bits per heavy atom. The van der Waals surface area contributed by atoms with Crippen LogP contribution < -0.4 is 20.7 Å². The van der Waals surface area contributed by atoms with E-state index in [1.165, 1.54) is 47.4 Å². The maximum Gasteiger partial charge on any atom is 0.272 e. The summed E-state index contributed by atoms with van der Waals surface area (Å²) in [4.78, 5) is 44.7. The first-order valence-electron chi connectivity index (χ1n) is 14.2. The zero-order valence-electron chi connectivity index (χ0n) is 25.1. The number of benzene rings is 4. The molecular weight excluding hydrogens is 659 g/mol. The van der Waals surface area contributed by atoms with Crippen molar-refractivity contribution >= 4 is 69.3 Å². The Balaban J connectivity index is 1.28. The van der Waals surface area contributed by atoms with E-state index in [0.717, 1.165) is 5.56 Å². The fourth-order valence-corrected chi connectivity index (χ4v) is 6.21. The summed E-state index contributed by atoms with van der Waals surface area (Å²) in [5, 5.41) is 10.1. The number of methoxy groups -OCH3 is 1. The summed E-state index contributed by atoms with van der Waals surface area (Å²) in [5.41, 5.74) is 1.96. The number of aromatic nitrogens is 1. The average molecular weight is 687 g/mol. The van der Waals surface area contributed by atoms with Crippen LogP contribution in [-0.4, -0.2) is 35.1 Å². The second kappa shape index (κ2) is 15.5. The maximum atomic E-state index is 14.6. The van der Waals surface area contributed by atoms with Gasteiger partial charge in [0.1, 0.15) is 17.3 Å². The van der Waals surface area contributed by atoms with Gasteiger partial charge in [0.15, 0.2) is 5.13 Å². The number of hydrogen-bond acceptors (Lipinski definition) is 7. The number of para-hydroxylation sites is 1. The molecule has 1 unspecified atom stereocenters. The lowest BCUT2D eigenvalue weighted by molar-refractivity contribution is -0.115. The van der Waals surface area contributed by atoms with Crippen molar-refractivity contribution in [3.63, 3.8) is 0 Å². The maximum absolute atomic E-state index is 14.6. The molecule has 47 heavy (non-hydrogen) atoms. The predicted molar refractivity (Wildman–Crippen MR) is 186 cm³/mol. The molecule has 5 rings (SSSR count). The monoisotopic (exact) mass is 686 g/mol. The molecule has 1 aromatic heterocycles. The highest BCUT2D eigenvalue weighted by molar-refractivity contribution is 8.00. The molecule has 0 aliphatic heterocycles. The molecule has 0 saturated heterocycles.